The largest absolute Gasteiger partial charge is 0.496 e. The van der Waals surface area contributed by atoms with Crippen LogP contribution in [0.2, 0.25) is 0 Å². The van der Waals surface area contributed by atoms with Gasteiger partial charge in [-0.3, -0.25) is 10.2 Å². The minimum Gasteiger partial charge on any atom is -0.496 e. The molecular weight excluding hydrogens is 469 g/mol. The van der Waals surface area contributed by atoms with E-state index < -0.39 is 5.82 Å². The number of ketones is 1. The average Bonchev–Trinajstić information content (AvgIpc) is 3.46. The molecule has 0 bridgehead atoms. The van der Waals surface area contributed by atoms with E-state index >= 15 is 4.39 Å². The zero-order chi connectivity index (χ0) is 25.5. The van der Waals surface area contributed by atoms with Gasteiger partial charge in [-0.1, -0.05) is 20.8 Å². The van der Waals surface area contributed by atoms with Crippen molar-refractivity contribution in [1.82, 2.24) is 9.88 Å². The van der Waals surface area contributed by atoms with Gasteiger partial charge in [0.15, 0.2) is 23.1 Å². The maximum Gasteiger partial charge on any atom is 0.197 e. The second-order valence-electron chi connectivity index (χ2n) is 9.28. The molecule has 7 nitrogen and oxygen atoms in total. The number of amidine groups is 1. The number of carbonyl (C=O) groups excluding carboxylic acids is 1. The SMILES string of the molecule is COc1cc2c(c(F)c1OC)C(=N)N(CC(=O)c1cc(-c3nccs3)c(OC)c(C(C)(C)C)c1)C2. The number of rotatable bonds is 7. The normalized spacial score (nSPS) is 13.1. The van der Waals surface area contributed by atoms with Gasteiger partial charge in [0.25, 0.3) is 0 Å². The lowest BCUT2D eigenvalue weighted by molar-refractivity contribution is 0.0962. The second-order valence-corrected chi connectivity index (χ2v) is 10.2. The van der Waals surface area contributed by atoms with Crippen molar-refractivity contribution in [2.45, 2.75) is 32.7 Å². The molecule has 4 rings (SSSR count). The van der Waals surface area contributed by atoms with E-state index in [2.05, 4.69) is 25.8 Å². The summed E-state index contributed by atoms with van der Waals surface area (Å²) in [6.45, 7) is 6.31. The van der Waals surface area contributed by atoms with Gasteiger partial charge in [0.1, 0.15) is 16.6 Å². The predicted octanol–water partition coefficient (Wildman–Crippen LogP) is 5.30. The van der Waals surface area contributed by atoms with Crippen LogP contribution in [0, 0.1) is 11.2 Å². The average molecular weight is 498 g/mol. The highest BCUT2D eigenvalue weighted by molar-refractivity contribution is 7.13. The number of aromatic nitrogens is 1. The molecule has 3 aromatic rings. The molecule has 2 aromatic carbocycles. The molecule has 35 heavy (non-hydrogen) atoms. The summed E-state index contributed by atoms with van der Waals surface area (Å²) in [4.78, 5) is 19.5. The van der Waals surface area contributed by atoms with Crippen LogP contribution >= 0.6 is 11.3 Å². The molecular formula is C26H28FN3O4S. The third-order valence-electron chi connectivity index (χ3n) is 6.03. The van der Waals surface area contributed by atoms with Gasteiger partial charge in [-0.15, -0.1) is 11.3 Å². The summed E-state index contributed by atoms with van der Waals surface area (Å²) in [5.74, 6) is -0.0201. The topological polar surface area (TPSA) is 84.7 Å². The fraction of sp³-hybridized carbons (Fsp3) is 0.346. The maximum atomic E-state index is 15.1. The first kappa shape index (κ1) is 24.7. The molecule has 0 unspecified atom stereocenters. The van der Waals surface area contributed by atoms with E-state index in [0.29, 0.717) is 16.9 Å². The summed E-state index contributed by atoms with van der Waals surface area (Å²) in [5.41, 5.74) is 2.53. The van der Waals surface area contributed by atoms with Crippen LogP contribution in [0.15, 0.2) is 29.8 Å². The molecule has 0 spiro atoms. The number of methoxy groups -OCH3 is 3. The van der Waals surface area contributed by atoms with Crippen molar-refractivity contribution in [2.24, 2.45) is 0 Å². The van der Waals surface area contributed by atoms with Gasteiger partial charge in [0.05, 0.1) is 39.0 Å². The number of nitrogens with zero attached hydrogens (tertiary/aromatic N) is 2. The first-order valence-corrected chi connectivity index (χ1v) is 11.9. The monoisotopic (exact) mass is 497 g/mol. The predicted molar refractivity (Wildman–Crippen MR) is 134 cm³/mol. The number of carbonyl (C=O) groups is 1. The number of benzene rings is 2. The smallest absolute Gasteiger partial charge is 0.197 e. The highest BCUT2D eigenvalue weighted by Crippen LogP contribution is 2.42. The summed E-state index contributed by atoms with van der Waals surface area (Å²) in [5, 5.41) is 11.2. The van der Waals surface area contributed by atoms with Crippen LogP contribution in [-0.2, 0) is 12.0 Å². The third kappa shape index (κ3) is 4.36. The molecule has 1 aliphatic rings. The van der Waals surface area contributed by atoms with Crippen molar-refractivity contribution in [1.29, 1.82) is 5.41 Å². The highest BCUT2D eigenvalue weighted by atomic mass is 32.1. The van der Waals surface area contributed by atoms with Gasteiger partial charge in [-0.05, 0) is 29.2 Å². The van der Waals surface area contributed by atoms with Crippen LogP contribution in [0.1, 0.15) is 47.8 Å². The molecule has 0 amide bonds. The molecule has 0 atom stereocenters. The van der Waals surface area contributed by atoms with Crippen molar-refractivity contribution < 1.29 is 23.4 Å². The number of hydrogen-bond donors (Lipinski definition) is 1. The Hall–Kier alpha value is -3.46. The van der Waals surface area contributed by atoms with Gasteiger partial charge >= 0.3 is 0 Å². The lowest BCUT2D eigenvalue weighted by Crippen LogP contribution is -2.30. The van der Waals surface area contributed by atoms with Crippen molar-refractivity contribution in [3.8, 4) is 27.8 Å². The lowest BCUT2D eigenvalue weighted by atomic mass is 9.83. The molecule has 184 valence electrons. The first-order valence-electron chi connectivity index (χ1n) is 11.0. The number of Topliss-reactive ketones (excluding diaryl/α,β-unsaturated/α-hetero) is 1. The van der Waals surface area contributed by atoms with Crippen molar-refractivity contribution in [3.63, 3.8) is 0 Å². The molecule has 1 aliphatic heterocycles. The van der Waals surface area contributed by atoms with Crippen LogP contribution in [0.4, 0.5) is 4.39 Å². The van der Waals surface area contributed by atoms with Crippen LogP contribution in [-0.4, -0.2) is 49.4 Å². The van der Waals surface area contributed by atoms with Gasteiger partial charge in [0.2, 0.25) is 0 Å². The number of ether oxygens (including phenoxy) is 3. The molecule has 0 radical (unpaired) electrons. The fourth-order valence-corrected chi connectivity index (χ4v) is 4.96. The van der Waals surface area contributed by atoms with E-state index in [9.17, 15) is 4.79 Å². The van der Waals surface area contributed by atoms with Gasteiger partial charge in [-0.2, -0.15) is 0 Å². The van der Waals surface area contributed by atoms with Crippen LogP contribution in [0.25, 0.3) is 10.6 Å². The van der Waals surface area contributed by atoms with E-state index in [0.717, 1.165) is 16.1 Å². The van der Waals surface area contributed by atoms with E-state index in [1.54, 1.807) is 30.3 Å². The summed E-state index contributed by atoms with van der Waals surface area (Å²) in [6.07, 6.45) is 1.71. The Morgan fingerprint density at radius 3 is 2.43 bits per heavy atom. The fourth-order valence-electron chi connectivity index (χ4n) is 4.31. The summed E-state index contributed by atoms with van der Waals surface area (Å²) in [7, 11) is 4.40. The molecule has 0 fully saturated rings. The Morgan fingerprint density at radius 1 is 1.14 bits per heavy atom. The standard InChI is InChI=1S/C26H28FN3O4S/c1-26(2,3)17-10-14(9-16(22(17)33-5)25-29-7-8-35-25)18(31)13-30-12-15-11-19(32-4)23(34-6)21(27)20(15)24(30)28/h7-11,28H,12-13H2,1-6H3. The summed E-state index contributed by atoms with van der Waals surface area (Å²) in [6, 6.07) is 5.29. The van der Waals surface area contributed by atoms with Crippen LogP contribution in [0.5, 0.6) is 17.2 Å². The second kappa shape index (κ2) is 9.30. The van der Waals surface area contributed by atoms with Crippen molar-refractivity contribution in [3.05, 3.63) is 57.8 Å². The number of fused-ring (bicyclic) bond motifs is 1. The summed E-state index contributed by atoms with van der Waals surface area (Å²) >= 11 is 1.47. The molecule has 1 aromatic heterocycles. The van der Waals surface area contributed by atoms with Gasteiger partial charge in [0, 0.05) is 29.2 Å². The Balaban J connectivity index is 1.71. The highest BCUT2D eigenvalue weighted by Gasteiger charge is 2.33. The zero-order valence-corrected chi connectivity index (χ0v) is 21.4. The molecule has 0 saturated heterocycles. The molecule has 9 heteroatoms. The number of thiazole rings is 1. The Morgan fingerprint density at radius 2 is 1.86 bits per heavy atom. The number of halogens is 1. The first-order chi connectivity index (χ1) is 16.6. The van der Waals surface area contributed by atoms with E-state index in [1.807, 2.05) is 11.4 Å². The van der Waals surface area contributed by atoms with Gasteiger partial charge < -0.3 is 19.1 Å². The van der Waals surface area contributed by atoms with E-state index in [4.69, 9.17) is 19.6 Å². The van der Waals surface area contributed by atoms with Crippen molar-refractivity contribution in [2.75, 3.05) is 27.9 Å². The Kier molecular flexibility index (Phi) is 6.55. The number of nitrogens with one attached hydrogen (secondary N) is 1. The minimum atomic E-state index is -0.660. The van der Waals surface area contributed by atoms with Crippen LogP contribution < -0.4 is 14.2 Å². The summed E-state index contributed by atoms with van der Waals surface area (Å²) < 4.78 is 31.2. The maximum absolute atomic E-state index is 15.1. The Bertz CT molecular complexity index is 1300. The number of hydrogen-bond acceptors (Lipinski definition) is 7. The molecule has 2 heterocycles. The molecule has 0 aliphatic carbocycles. The minimum absolute atomic E-state index is 0.0535. The van der Waals surface area contributed by atoms with Crippen molar-refractivity contribution >= 4 is 23.0 Å². The quantitative estimate of drug-likeness (QED) is 0.446. The van der Waals surface area contributed by atoms with E-state index in [-0.39, 0.29) is 47.2 Å². The molecule has 1 N–H and O–H groups in total. The molecule has 0 saturated carbocycles. The van der Waals surface area contributed by atoms with E-state index in [1.165, 1.54) is 25.6 Å². The van der Waals surface area contributed by atoms with Gasteiger partial charge in [-0.25, -0.2) is 9.37 Å². The third-order valence-corrected chi connectivity index (χ3v) is 6.83. The zero-order valence-electron chi connectivity index (χ0n) is 20.6. The lowest BCUT2D eigenvalue weighted by Gasteiger charge is -2.25. The Labute approximate surface area is 208 Å². The van der Waals surface area contributed by atoms with Crippen LogP contribution in [0.3, 0.4) is 0 Å².